The van der Waals surface area contributed by atoms with Gasteiger partial charge in [0.05, 0.1) is 6.61 Å². The van der Waals surface area contributed by atoms with E-state index in [1.165, 1.54) is 16.7 Å². The second-order valence-corrected chi connectivity index (χ2v) is 6.81. The molecule has 2 rings (SSSR count). The highest BCUT2D eigenvalue weighted by atomic mass is 16.5. The summed E-state index contributed by atoms with van der Waals surface area (Å²) in [5.41, 5.74) is 5.42. The summed E-state index contributed by atoms with van der Waals surface area (Å²) in [6.45, 7) is 13.0. The molecule has 0 fully saturated rings. The van der Waals surface area contributed by atoms with Gasteiger partial charge < -0.3 is 14.6 Å². The van der Waals surface area contributed by atoms with Gasteiger partial charge in [-0.05, 0) is 77.2 Å². The Kier molecular flexibility index (Phi) is 4.86. The van der Waals surface area contributed by atoms with Crippen LogP contribution in [0.3, 0.4) is 0 Å². The van der Waals surface area contributed by atoms with Crippen molar-refractivity contribution < 1.29 is 14.6 Å². The number of allylic oxidation sites excluding steroid dienone is 1. The van der Waals surface area contributed by atoms with Crippen LogP contribution in [0.25, 0.3) is 0 Å². The van der Waals surface area contributed by atoms with E-state index in [2.05, 4.69) is 40.7 Å². The van der Waals surface area contributed by atoms with Gasteiger partial charge in [0.15, 0.2) is 0 Å². The average Bonchev–Trinajstić information content (AvgIpc) is 2.48. The van der Waals surface area contributed by atoms with E-state index in [0.717, 1.165) is 35.5 Å². The van der Waals surface area contributed by atoms with E-state index in [0.29, 0.717) is 6.61 Å². The van der Waals surface area contributed by atoms with Crippen molar-refractivity contribution in [2.24, 2.45) is 0 Å². The second kappa shape index (κ2) is 6.33. The lowest BCUT2D eigenvalue weighted by Gasteiger charge is -2.37. The third kappa shape index (κ3) is 3.14. The minimum absolute atomic E-state index is 0.0444. The van der Waals surface area contributed by atoms with Gasteiger partial charge in [-0.2, -0.15) is 0 Å². The number of aliphatic hydroxyl groups excluding tert-OH is 1. The van der Waals surface area contributed by atoms with Crippen molar-refractivity contribution in [3.05, 3.63) is 33.9 Å². The van der Waals surface area contributed by atoms with E-state index < -0.39 is 5.60 Å². The molecule has 0 spiro atoms. The van der Waals surface area contributed by atoms with Crippen LogP contribution in [0.2, 0.25) is 0 Å². The Bertz CT molecular complexity index is 597. The van der Waals surface area contributed by atoms with Crippen molar-refractivity contribution in [1.29, 1.82) is 0 Å². The molecule has 3 nitrogen and oxygen atoms in total. The van der Waals surface area contributed by atoms with Crippen molar-refractivity contribution >= 4 is 0 Å². The fraction of sp³-hybridized carbons (Fsp3) is 0.579. The molecular formula is C19H28O3. The highest BCUT2D eigenvalue weighted by molar-refractivity contribution is 5.59. The van der Waals surface area contributed by atoms with E-state index in [1.807, 2.05) is 6.92 Å². The van der Waals surface area contributed by atoms with Crippen LogP contribution in [0.4, 0.5) is 0 Å². The molecule has 1 unspecified atom stereocenters. The minimum atomic E-state index is -0.471. The third-order valence-electron chi connectivity index (χ3n) is 4.62. The fourth-order valence-electron chi connectivity index (χ4n) is 2.90. The van der Waals surface area contributed by atoms with Gasteiger partial charge in [-0.15, -0.1) is 0 Å². The molecule has 1 aliphatic heterocycles. The van der Waals surface area contributed by atoms with Crippen molar-refractivity contribution in [2.75, 3.05) is 13.2 Å². The molecule has 0 saturated heterocycles. The van der Waals surface area contributed by atoms with Crippen LogP contribution in [0.5, 0.6) is 11.5 Å². The summed E-state index contributed by atoms with van der Waals surface area (Å²) in [4.78, 5) is 0. The minimum Gasteiger partial charge on any atom is -0.489 e. The molecule has 0 aliphatic carbocycles. The number of hydrogen-bond donors (Lipinski definition) is 1. The van der Waals surface area contributed by atoms with Crippen LogP contribution in [0, 0.1) is 20.8 Å². The number of hydrogen-bond acceptors (Lipinski definition) is 3. The SMILES string of the molecule is CC(C)=CCOc1c(C)c(C)c2c(c1C)CCC(C)(CO)O2. The summed E-state index contributed by atoms with van der Waals surface area (Å²) < 4.78 is 12.2. The molecule has 0 amide bonds. The zero-order chi connectivity index (χ0) is 16.5. The van der Waals surface area contributed by atoms with Crippen LogP contribution in [0.15, 0.2) is 11.6 Å². The van der Waals surface area contributed by atoms with Crippen molar-refractivity contribution in [2.45, 2.75) is 60.0 Å². The predicted molar refractivity (Wildman–Crippen MR) is 90.0 cm³/mol. The number of rotatable bonds is 4. The standard InChI is InChI=1S/C19H28O3/c1-12(2)8-10-21-17-13(3)14(4)18-16(15(17)5)7-9-19(6,11-20)22-18/h8,20H,7,9-11H2,1-6H3. The largest absolute Gasteiger partial charge is 0.489 e. The molecule has 0 saturated carbocycles. The van der Waals surface area contributed by atoms with E-state index in [9.17, 15) is 5.11 Å². The maximum atomic E-state index is 9.57. The first-order valence-corrected chi connectivity index (χ1v) is 7.97. The zero-order valence-electron chi connectivity index (χ0n) is 14.7. The summed E-state index contributed by atoms with van der Waals surface area (Å²) in [7, 11) is 0. The van der Waals surface area contributed by atoms with Gasteiger partial charge in [0, 0.05) is 5.56 Å². The van der Waals surface area contributed by atoms with E-state index in [-0.39, 0.29) is 6.61 Å². The van der Waals surface area contributed by atoms with Gasteiger partial charge in [0.1, 0.15) is 23.7 Å². The van der Waals surface area contributed by atoms with Gasteiger partial charge in [-0.25, -0.2) is 0 Å². The van der Waals surface area contributed by atoms with Crippen molar-refractivity contribution in [3.8, 4) is 11.5 Å². The molecule has 1 N–H and O–H groups in total. The second-order valence-electron chi connectivity index (χ2n) is 6.81. The lowest BCUT2D eigenvalue weighted by atomic mass is 9.87. The summed E-state index contributed by atoms with van der Waals surface area (Å²) in [5.74, 6) is 1.91. The Morgan fingerprint density at radius 1 is 1.23 bits per heavy atom. The van der Waals surface area contributed by atoms with Crippen molar-refractivity contribution in [3.63, 3.8) is 0 Å². The van der Waals surface area contributed by atoms with Crippen LogP contribution < -0.4 is 9.47 Å². The first kappa shape index (κ1) is 16.9. The molecule has 1 aliphatic rings. The average molecular weight is 304 g/mol. The monoisotopic (exact) mass is 304 g/mol. The van der Waals surface area contributed by atoms with Crippen LogP contribution in [-0.2, 0) is 6.42 Å². The quantitative estimate of drug-likeness (QED) is 0.853. The number of fused-ring (bicyclic) bond motifs is 1. The molecule has 1 aromatic carbocycles. The Morgan fingerprint density at radius 2 is 1.91 bits per heavy atom. The van der Waals surface area contributed by atoms with Gasteiger partial charge >= 0.3 is 0 Å². The van der Waals surface area contributed by atoms with E-state index >= 15 is 0 Å². The summed E-state index contributed by atoms with van der Waals surface area (Å²) in [5, 5.41) is 9.57. The van der Waals surface area contributed by atoms with E-state index in [4.69, 9.17) is 9.47 Å². The van der Waals surface area contributed by atoms with Crippen LogP contribution in [-0.4, -0.2) is 23.9 Å². The van der Waals surface area contributed by atoms with Crippen molar-refractivity contribution in [1.82, 2.24) is 0 Å². The molecule has 22 heavy (non-hydrogen) atoms. The smallest absolute Gasteiger partial charge is 0.129 e. The lowest BCUT2D eigenvalue weighted by molar-refractivity contribution is 0.00718. The third-order valence-corrected chi connectivity index (χ3v) is 4.62. The molecule has 1 atom stereocenters. The molecule has 0 bridgehead atoms. The summed E-state index contributed by atoms with van der Waals surface area (Å²) >= 11 is 0. The number of aliphatic hydroxyl groups is 1. The number of benzene rings is 1. The highest BCUT2D eigenvalue weighted by Gasteiger charge is 2.34. The van der Waals surface area contributed by atoms with Gasteiger partial charge in [-0.1, -0.05) is 5.57 Å². The molecule has 1 heterocycles. The Morgan fingerprint density at radius 3 is 2.50 bits per heavy atom. The maximum absolute atomic E-state index is 9.57. The molecular weight excluding hydrogens is 276 g/mol. The fourth-order valence-corrected chi connectivity index (χ4v) is 2.90. The Hall–Kier alpha value is -1.48. The first-order chi connectivity index (χ1) is 10.3. The summed E-state index contributed by atoms with van der Waals surface area (Å²) in [6.07, 6.45) is 3.83. The van der Waals surface area contributed by atoms with E-state index in [1.54, 1.807) is 0 Å². The molecule has 0 aromatic heterocycles. The Balaban J connectivity index is 2.41. The molecule has 0 radical (unpaired) electrons. The highest BCUT2D eigenvalue weighted by Crippen LogP contribution is 2.43. The lowest BCUT2D eigenvalue weighted by Crippen LogP contribution is -2.40. The van der Waals surface area contributed by atoms with Crippen LogP contribution >= 0.6 is 0 Å². The van der Waals surface area contributed by atoms with Gasteiger partial charge in [-0.3, -0.25) is 0 Å². The molecule has 122 valence electrons. The number of ether oxygens (including phenoxy) is 2. The zero-order valence-corrected chi connectivity index (χ0v) is 14.7. The van der Waals surface area contributed by atoms with Gasteiger partial charge in [0.25, 0.3) is 0 Å². The maximum Gasteiger partial charge on any atom is 0.129 e. The topological polar surface area (TPSA) is 38.7 Å². The predicted octanol–water partition coefficient (Wildman–Crippen LogP) is 4.03. The first-order valence-electron chi connectivity index (χ1n) is 7.97. The molecule has 1 aromatic rings. The molecule has 3 heteroatoms. The normalized spacial score (nSPS) is 20.1. The van der Waals surface area contributed by atoms with Crippen LogP contribution in [0.1, 0.15) is 49.4 Å². The Labute approximate surface area is 134 Å². The summed E-state index contributed by atoms with van der Waals surface area (Å²) in [6, 6.07) is 0. The van der Waals surface area contributed by atoms with Gasteiger partial charge in [0.2, 0.25) is 0 Å².